The quantitative estimate of drug-likeness (QED) is 0.771. The molecule has 0 fully saturated rings. The second kappa shape index (κ2) is 6.84. The summed E-state index contributed by atoms with van der Waals surface area (Å²) >= 11 is 5.90. The first-order valence-electron chi connectivity index (χ1n) is 7.27. The number of rotatable bonds is 5. The van der Waals surface area contributed by atoms with E-state index in [9.17, 15) is 9.18 Å². The number of nitrogens with one attached hydrogen (secondary N) is 1. The lowest BCUT2D eigenvalue weighted by Gasteiger charge is -2.04. The summed E-state index contributed by atoms with van der Waals surface area (Å²) in [5, 5.41) is 11.5. The molecular weight excluding hydrogens is 333 g/mol. The van der Waals surface area contributed by atoms with Crippen molar-refractivity contribution in [2.24, 2.45) is 0 Å². The minimum Gasteiger partial charge on any atom is -0.308 e. The van der Waals surface area contributed by atoms with Crippen molar-refractivity contribution >= 4 is 23.3 Å². The van der Waals surface area contributed by atoms with Gasteiger partial charge in [0.2, 0.25) is 5.91 Å². The van der Waals surface area contributed by atoms with E-state index in [1.165, 1.54) is 10.7 Å². The summed E-state index contributed by atoms with van der Waals surface area (Å²) in [7, 11) is 0. The van der Waals surface area contributed by atoms with Crippen molar-refractivity contribution in [3.8, 4) is 0 Å². The fourth-order valence-corrected chi connectivity index (χ4v) is 2.37. The maximum Gasteiger partial charge on any atom is 0.247 e. The van der Waals surface area contributed by atoms with Gasteiger partial charge in [0.25, 0.3) is 0 Å². The first-order chi connectivity index (χ1) is 11.5. The second-order valence-corrected chi connectivity index (χ2v) is 5.71. The van der Waals surface area contributed by atoms with Gasteiger partial charge >= 0.3 is 0 Å². The largest absolute Gasteiger partial charge is 0.308 e. The lowest BCUT2D eigenvalue weighted by atomic mass is 10.2. The molecule has 6 nitrogen and oxygen atoms in total. The second-order valence-electron chi connectivity index (χ2n) is 5.30. The van der Waals surface area contributed by atoms with Crippen LogP contribution in [0.3, 0.4) is 0 Å². The zero-order valence-corrected chi connectivity index (χ0v) is 13.7. The van der Waals surface area contributed by atoms with Gasteiger partial charge in [-0.2, -0.15) is 10.2 Å². The summed E-state index contributed by atoms with van der Waals surface area (Å²) < 4.78 is 16.7. The van der Waals surface area contributed by atoms with Gasteiger partial charge in [-0.3, -0.25) is 14.2 Å². The maximum absolute atomic E-state index is 13.6. The van der Waals surface area contributed by atoms with Gasteiger partial charge in [-0.15, -0.1) is 0 Å². The molecule has 0 saturated heterocycles. The highest BCUT2D eigenvalue weighted by molar-refractivity contribution is 6.31. The molecule has 1 N–H and O–H groups in total. The standard InChI is InChI=1S/C16H15ClFN5O/c1-11-13(17)9-23(20-11)10-16(24)19-15-6-7-22(21-15)8-12-4-2-3-5-14(12)18/h2-7,9H,8,10H2,1H3,(H,19,21,24). The Kier molecular flexibility index (Phi) is 4.61. The number of hydrogen-bond acceptors (Lipinski definition) is 3. The molecule has 2 aromatic heterocycles. The SMILES string of the molecule is Cc1nn(CC(=O)Nc2ccn(Cc3ccccc3F)n2)cc1Cl. The molecule has 1 aromatic carbocycles. The van der Waals surface area contributed by atoms with Crippen molar-refractivity contribution in [1.82, 2.24) is 19.6 Å². The molecule has 24 heavy (non-hydrogen) atoms. The Morgan fingerprint density at radius 3 is 2.75 bits per heavy atom. The van der Waals surface area contributed by atoms with Crippen LogP contribution in [0.15, 0.2) is 42.7 Å². The number of carbonyl (C=O) groups is 1. The molecule has 124 valence electrons. The predicted octanol–water partition coefficient (Wildman–Crippen LogP) is 2.87. The number of aromatic nitrogens is 4. The summed E-state index contributed by atoms with van der Waals surface area (Å²) in [5.41, 5.74) is 1.19. The van der Waals surface area contributed by atoms with Crippen molar-refractivity contribution in [1.29, 1.82) is 0 Å². The molecule has 0 bridgehead atoms. The van der Waals surface area contributed by atoms with Gasteiger partial charge in [0, 0.05) is 24.0 Å². The third kappa shape index (κ3) is 3.80. The van der Waals surface area contributed by atoms with Crippen LogP contribution in [0.2, 0.25) is 5.02 Å². The lowest BCUT2D eigenvalue weighted by Crippen LogP contribution is -2.19. The van der Waals surface area contributed by atoms with E-state index in [1.54, 1.807) is 48.3 Å². The van der Waals surface area contributed by atoms with E-state index in [-0.39, 0.29) is 24.8 Å². The van der Waals surface area contributed by atoms with Gasteiger partial charge in [-0.1, -0.05) is 29.8 Å². The molecule has 0 atom stereocenters. The zero-order valence-electron chi connectivity index (χ0n) is 12.9. The highest BCUT2D eigenvalue weighted by Gasteiger charge is 2.09. The molecule has 0 spiro atoms. The summed E-state index contributed by atoms with van der Waals surface area (Å²) in [5.74, 6) is -0.166. The molecule has 1 amide bonds. The van der Waals surface area contributed by atoms with Gasteiger partial charge in [-0.05, 0) is 13.0 Å². The number of halogens is 2. The molecule has 0 unspecified atom stereocenters. The Balaban J connectivity index is 1.61. The van der Waals surface area contributed by atoms with Gasteiger partial charge in [0.05, 0.1) is 17.3 Å². The highest BCUT2D eigenvalue weighted by Crippen LogP contribution is 2.12. The number of carbonyl (C=O) groups excluding carboxylic acids is 1. The van der Waals surface area contributed by atoms with Crippen LogP contribution >= 0.6 is 11.6 Å². The molecule has 2 heterocycles. The normalized spacial score (nSPS) is 10.8. The Morgan fingerprint density at radius 2 is 2.04 bits per heavy atom. The lowest BCUT2D eigenvalue weighted by molar-refractivity contribution is -0.116. The van der Waals surface area contributed by atoms with Crippen molar-refractivity contribution < 1.29 is 9.18 Å². The third-order valence-corrected chi connectivity index (χ3v) is 3.76. The summed E-state index contributed by atoms with van der Waals surface area (Å²) in [6.45, 7) is 2.09. The fourth-order valence-electron chi connectivity index (χ4n) is 2.22. The van der Waals surface area contributed by atoms with Crippen LogP contribution in [-0.4, -0.2) is 25.5 Å². The van der Waals surface area contributed by atoms with Crippen LogP contribution in [0.25, 0.3) is 0 Å². The number of anilines is 1. The Morgan fingerprint density at radius 1 is 1.25 bits per heavy atom. The van der Waals surface area contributed by atoms with Gasteiger partial charge in [0.15, 0.2) is 5.82 Å². The van der Waals surface area contributed by atoms with Crippen molar-refractivity contribution in [3.05, 3.63) is 64.8 Å². The molecule has 0 radical (unpaired) electrons. The highest BCUT2D eigenvalue weighted by atomic mass is 35.5. The number of amides is 1. The third-order valence-electron chi connectivity index (χ3n) is 3.39. The first kappa shape index (κ1) is 16.2. The number of nitrogens with zero attached hydrogens (tertiary/aromatic N) is 4. The van der Waals surface area contributed by atoms with E-state index in [1.807, 2.05) is 0 Å². The first-order valence-corrected chi connectivity index (χ1v) is 7.65. The van der Waals surface area contributed by atoms with Crippen LogP contribution in [0.4, 0.5) is 10.2 Å². The van der Waals surface area contributed by atoms with E-state index < -0.39 is 0 Å². The maximum atomic E-state index is 13.6. The van der Waals surface area contributed by atoms with E-state index in [0.29, 0.717) is 22.1 Å². The minimum atomic E-state index is -0.287. The average molecular weight is 348 g/mol. The van der Waals surface area contributed by atoms with E-state index in [0.717, 1.165) is 0 Å². The number of aryl methyl sites for hydroxylation is 1. The minimum absolute atomic E-state index is 0.0354. The van der Waals surface area contributed by atoms with Crippen LogP contribution in [-0.2, 0) is 17.9 Å². The number of benzene rings is 1. The average Bonchev–Trinajstić information content (AvgIpc) is 3.08. The van der Waals surface area contributed by atoms with Crippen LogP contribution in [0.5, 0.6) is 0 Å². The molecule has 0 saturated carbocycles. The van der Waals surface area contributed by atoms with Gasteiger partial charge in [0.1, 0.15) is 12.4 Å². The van der Waals surface area contributed by atoms with E-state index in [2.05, 4.69) is 15.5 Å². The van der Waals surface area contributed by atoms with E-state index in [4.69, 9.17) is 11.6 Å². The van der Waals surface area contributed by atoms with Crippen molar-refractivity contribution in [3.63, 3.8) is 0 Å². The van der Waals surface area contributed by atoms with Gasteiger partial charge < -0.3 is 5.32 Å². The molecule has 0 aliphatic rings. The molecule has 0 aliphatic carbocycles. The molecule has 0 aliphatic heterocycles. The predicted molar refractivity (Wildman–Crippen MR) is 88.3 cm³/mol. The number of hydrogen-bond donors (Lipinski definition) is 1. The van der Waals surface area contributed by atoms with Crippen LogP contribution in [0, 0.1) is 12.7 Å². The monoisotopic (exact) mass is 347 g/mol. The topological polar surface area (TPSA) is 64.7 Å². The summed E-state index contributed by atoms with van der Waals surface area (Å²) in [4.78, 5) is 12.0. The van der Waals surface area contributed by atoms with Crippen molar-refractivity contribution in [2.45, 2.75) is 20.0 Å². The fraction of sp³-hybridized carbons (Fsp3) is 0.188. The Labute approximate surface area is 142 Å². The smallest absolute Gasteiger partial charge is 0.247 e. The van der Waals surface area contributed by atoms with E-state index >= 15 is 0 Å². The van der Waals surface area contributed by atoms with Crippen LogP contribution in [0.1, 0.15) is 11.3 Å². The summed E-state index contributed by atoms with van der Waals surface area (Å²) in [6, 6.07) is 8.15. The molecule has 3 aromatic rings. The molecule has 8 heteroatoms. The Bertz CT molecular complexity index is 853. The zero-order chi connectivity index (χ0) is 17.1. The van der Waals surface area contributed by atoms with Crippen LogP contribution < -0.4 is 5.32 Å². The molecule has 3 rings (SSSR count). The summed E-state index contributed by atoms with van der Waals surface area (Å²) in [6.07, 6.45) is 3.27. The Hall–Kier alpha value is -2.67. The molecular formula is C16H15ClFN5O. The van der Waals surface area contributed by atoms with Crippen molar-refractivity contribution in [2.75, 3.05) is 5.32 Å². The van der Waals surface area contributed by atoms with Gasteiger partial charge in [-0.25, -0.2) is 4.39 Å².